The van der Waals surface area contributed by atoms with E-state index in [4.69, 9.17) is 4.74 Å². The monoisotopic (exact) mass is 379 g/mol. The molecule has 0 saturated heterocycles. The lowest BCUT2D eigenvalue weighted by molar-refractivity contribution is -0.139. The smallest absolute Gasteiger partial charge is 0.387 e. The first kappa shape index (κ1) is 20.2. The minimum absolute atomic E-state index is 0.0450. The lowest BCUT2D eigenvalue weighted by atomic mass is 10.0. The molecule has 27 heavy (non-hydrogen) atoms. The van der Waals surface area contributed by atoms with E-state index in [0.717, 1.165) is 17.2 Å². The number of methoxy groups -OCH3 is 1. The van der Waals surface area contributed by atoms with E-state index in [0.29, 0.717) is 5.56 Å². The summed E-state index contributed by atoms with van der Waals surface area (Å²) in [7, 11) is 1.24. The molecule has 0 aromatic heterocycles. The van der Waals surface area contributed by atoms with Crippen LogP contribution in [0.4, 0.5) is 8.78 Å². The molecule has 2 aromatic carbocycles. The SMILES string of the molecule is COc1cc(C(=O)NC(C(=O)O)c2ccc(C)c(C)c2)ccc1OC(F)F. The molecule has 6 nitrogen and oxygen atoms in total. The Hall–Kier alpha value is -3.16. The van der Waals surface area contributed by atoms with Crippen LogP contribution in [-0.2, 0) is 4.79 Å². The Labute approximate surface area is 154 Å². The zero-order valence-corrected chi connectivity index (χ0v) is 15.0. The quantitative estimate of drug-likeness (QED) is 0.770. The standard InChI is InChI=1S/C19H19F2NO5/c1-10-4-5-12(8-11(10)2)16(18(24)25)22-17(23)13-6-7-14(27-19(20)21)15(9-13)26-3/h4-9,16,19H,1-3H3,(H,22,23)(H,24,25). The molecule has 1 unspecified atom stereocenters. The van der Waals surface area contributed by atoms with Crippen molar-refractivity contribution < 1.29 is 33.0 Å². The van der Waals surface area contributed by atoms with Gasteiger partial charge in [0.1, 0.15) is 0 Å². The molecule has 2 aromatic rings. The lowest BCUT2D eigenvalue weighted by Crippen LogP contribution is -2.33. The Morgan fingerprint density at radius 2 is 1.74 bits per heavy atom. The average Bonchev–Trinajstić information content (AvgIpc) is 2.61. The second-order valence-electron chi connectivity index (χ2n) is 5.83. The van der Waals surface area contributed by atoms with Crippen LogP contribution in [0.5, 0.6) is 11.5 Å². The van der Waals surface area contributed by atoms with Crippen molar-refractivity contribution >= 4 is 11.9 Å². The molecule has 2 N–H and O–H groups in total. The van der Waals surface area contributed by atoms with Gasteiger partial charge in [-0.3, -0.25) is 4.79 Å². The average molecular weight is 379 g/mol. The van der Waals surface area contributed by atoms with Crippen LogP contribution in [0, 0.1) is 13.8 Å². The minimum atomic E-state index is -3.04. The fourth-order valence-electron chi connectivity index (χ4n) is 2.45. The molecule has 1 atom stereocenters. The van der Waals surface area contributed by atoms with E-state index in [1.165, 1.54) is 19.2 Å². The maximum Gasteiger partial charge on any atom is 0.387 e. The van der Waals surface area contributed by atoms with Gasteiger partial charge in [-0.2, -0.15) is 8.78 Å². The van der Waals surface area contributed by atoms with E-state index in [1.54, 1.807) is 18.2 Å². The molecule has 2 rings (SSSR count). The molecule has 1 amide bonds. The predicted octanol–water partition coefficient (Wildman–Crippen LogP) is 3.47. The molecule has 0 heterocycles. The van der Waals surface area contributed by atoms with Crippen molar-refractivity contribution in [3.8, 4) is 11.5 Å². The van der Waals surface area contributed by atoms with E-state index in [1.807, 2.05) is 13.8 Å². The van der Waals surface area contributed by atoms with E-state index in [2.05, 4.69) is 10.1 Å². The van der Waals surface area contributed by atoms with Crippen LogP contribution < -0.4 is 14.8 Å². The Balaban J connectivity index is 2.27. The molecule has 0 radical (unpaired) electrons. The number of ether oxygens (including phenoxy) is 2. The Bertz CT molecular complexity index is 854. The van der Waals surface area contributed by atoms with E-state index in [-0.39, 0.29) is 17.1 Å². The predicted molar refractivity (Wildman–Crippen MR) is 93.4 cm³/mol. The molecule has 0 aliphatic heterocycles. The van der Waals surface area contributed by atoms with Gasteiger partial charge in [-0.1, -0.05) is 18.2 Å². The minimum Gasteiger partial charge on any atom is -0.493 e. The van der Waals surface area contributed by atoms with Crippen molar-refractivity contribution in [3.05, 3.63) is 58.7 Å². The lowest BCUT2D eigenvalue weighted by Gasteiger charge is -2.17. The molecule has 0 saturated carbocycles. The number of nitrogens with one attached hydrogen (secondary N) is 1. The van der Waals surface area contributed by atoms with Crippen LogP contribution in [0.2, 0.25) is 0 Å². The zero-order chi connectivity index (χ0) is 20.1. The first-order valence-corrected chi connectivity index (χ1v) is 7.96. The van der Waals surface area contributed by atoms with Crippen molar-refractivity contribution in [1.29, 1.82) is 0 Å². The summed E-state index contributed by atoms with van der Waals surface area (Å²) in [5.41, 5.74) is 2.35. The van der Waals surface area contributed by atoms with Gasteiger partial charge in [0.05, 0.1) is 7.11 Å². The maximum atomic E-state index is 12.5. The molecule has 0 fully saturated rings. The molecule has 0 spiro atoms. The highest BCUT2D eigenvalue weighted by Gasteiger charge is 2.24. The molecule has 8 heteroatoms. The highest BCUT2D eigenvalue weighted by atomic mass is 19.3. The number of carboxylic acid groups (broad SMARTS) is 1. The van der Waals surface area contributed by atoms with E-state index < -0.39 is 24.5 Å². The van der Waals surface area contributed by atoms with Crippen molar-refractivity contribution in [2.75, 3.05) is 7.11 Å². The van der Waals surface area contributed by atoms with Gasteiger partial charge in [-0.15, -0.1) is 0 Å². The van der Waals surface area contributed by atoms with Crippen LogP contribution in [0.3, 0.4) is 0 Å². The molecular weight excluding hydrogens is 360 g/mol. The van der Waals surface area contributed by atoms with Gasteiger partial charge < -0.3 is 19.9 Å². The second kappa shape index (κ2) is 8.48. The number of carbonyl (C=O) groups is 2. The van der Waals surface area contributed by atoms with Crippen LogP contribution in [0.25, 0.3) is 0 Å². The van der Waals surface area contributed by atoms with Gasteiger partial charge in [-0.25, -0.2) is 4.79 Å². The Morgan fingerprint density at radius 1 is 1.04 bits per heavy atom. The van der Waals surface area contributed by atoms with Gasteiger partial charge in [-0.05, 0) is 48.7 Å². The number of benzene rings is 2. The number of aliphatic carboxylic acids is 1. The van der Waals surface area contributed by atoms with Gasteiger partial charge >= 0.3 is 12.6 Å². The van der Waals surface area contributed by atoms with Gasteiger partial charge in [0.2, 0.25) is 0 Å². The third-order valence-corrected chi connectivity index (χ3v) is 4.03. The fraction of sp³-hybridized carbons (Fsp3) is 0.263. The zero-order valence-electron chi connectivity index (χ0n) is 15.0. The number of carboxylic acids is 1. The van der Waals surface area contributed by atoms with Crippen LogP contribution >= 0.6 is 0 Å². The molecule has 0 aliphatic rings. The summed E-state index contributed by atoms with van der Waals surface area (Å²) in [4.78, 5) is 24.1. The first-order valence-electron chi connectivity index (χ1n) is 7.96. The normalized spacial score (nSPS) is 11.8. The van der Waals surface area contributed by atoms with Crippen molar-refractivity contribution in [2.45, 2.75) is 26.5 Å². The maximum absolute atomic E-state index is 12.5. The highest BCUT2D eigenvalue weighted by molar-refractivity contribution is 5.97. The highest BCUT2D eigenvalue weighted by Crippen LogP contribution is 2.29. The topological polar surface area (TPSA) is 84.9 Å². The van der Waals surface area contributed by atoms with Gasteiger partial charge in [0.25, 0.3) is 5.91 Å². The van der Waals surface area contributed by atoms with E-state index in [9.17, 15) is 23.5 Å². The summed E-state index contributed by atoms with van der Waals surface area (Å²) in [5.74, 6) is -2.22. The summed E-state index contributed by atoms with van der Waals surface area (Å²) in [5, 5.41) is 11.9. The Morgan fingerprint density at radius 3 is 2.30 bits per heavy atom. The Kier molecular flexibility index (Phi) is 6.33. The number of carbonyl (C=O) groups excluding carboxylic acids is 1. The number of halogens is 2. The summed E-state index contributed by atoms with van der Waals surface area (Å²) >= 11 is 0. The second-order valence-corrected chi connectivity index (χ2v) is 5.83. The van der Waals surface area contributed by atoms with Gasteiger partial charge in [0.15, 0.2) is 17.5 Å². The van der Waals surface area contributed by atoms with Crippen LogP contribution in [0.15, 0.2) is 36.4 Å². The summed E-state index contributed by atoms with van der Waals surface area (Å²) in [6, 6.07) is 7.43. The first-order chi connectivity index (χ1) is 12.7. The molecular formula is C19H19F2NO5. The third-order valence-electron chi connectivity index (χ3n) is 4.03. The number of hydrogen-bond donors (Lipinski definition) is 2. The number of hydrogen-bond acceptors (Lipinski definition) is 4. The molecule has 144 valence electrons. The largest absolute Gasteiger partial charge is 0.493 e. The third kappa shape index (κ3) is 4.93. The summed E-state index contributed by atoms with van der Waals surface area (Å²) in [6.45, 7) is 0.689. The van der Waals surface area contributed by atoms with Crippen molar-refractivity contribution in [2.24, 2.45) is 0 Å². The number of alkyl halides is 2. The van der Waals surface area contributed by atoms with Gasteiger partial charge in [0, 0.05) is 5.56 Å². The van der Waals surface area contributed by atoms with E-state index >= 15 is 0 Å². The number of amides is 1. The van der Waals surface area contributed by atoms with Crippen LogP contribution in [-0.4, -0.2) is 30.7 Å². The number of aryl methyl sites for hydroxylation is 2. The molecule has 0 aliphatic carbocycles. The fourth-order valence-corrected chi connectivity index (χ4v) is 2.45. The number of rotatable bonds is 7. The molecule has 0 bridgehead atoms. The van der Waals surface area contributed by atoms with Crippen molar-refractivity contribution in [1.82, 2.24) is 5.32 Å². The summed E-state index contributed by atoms with van der Waals surface area (Å²) in [6.07, 6.45) is 0. The van der Waals surface area contributed by atoms with Crippen molar-refractivity contribution in [3.63, 3.8) is 0 Å². The van der Waals surface area contributed by atoms with Crippen LogP contribution in [0.1, 0.15) is 33.1 Å². The summed E-state index contributed by atoms with van der Waals surface area (Å²) < 4.78 is 34.0.